The Balaban J connectivity index is 1.11. The van der Waals surface area contributed by atoms with E-state index >= 15 is 0 Å². The minimum absolute atomic E-state index is 0.0591. The second-order valence-corrected chi connectivity index (χ2v) is 15.7. The predicted octanol–water partition coefficient (Wildman–Crippen LogP) is 15.5. The normalized spacial score (nSPS) is 12.9. The topological polar surface area (TPSA) is 16.4 Å². The van der Waals surface area contributed by atoms with Gasteiger partial charge in [-0.1, -0.05) is 172 Å². The smallest absolute Gasteiger partial charge is 0.137 e. The number of benzene rings is 9. The Kier molecular flexibility index (Phi) is 7.55. The SMILES string of the molecule is CC1(C)c2ccccc2-c2ccc(-c3ccc(N(c4ccccc4-c4cccc5cccc(-c6ccccc6)c45)c4cccc5oc6ccccc6c45)cc3)cc21. The number of fused-ring (bicyclic) bond motifs is 7. The van der Waals surface area contributed by atoms with Crippen LogP contribution in [-0.4, -0.2) is 0 Å². The molecule has 0 atom stereocenters. The molecule has 0 amide bonds. The van der Waals surface area contributed by atoms with Crippen LogP contribution in [0.1, 0.15) is 25.0 Å². The fraction of sp³-hybridized carbons (Fsp3) is 0.0545. The molecule has 1 aromatic heterocycles. The number of para-hydroxylation sites is 2. The van der Waals surface area contributed by atoms with Gasteiger partial charge < -0.3 is 9.32 Å². The number of hydrogen-bond donors (Lipinski definition) is 0. The molecule has 0 bridgehead atoms. The molecule has 2 heteroatoms. The van der Waals surface area contributed by atoms with E-state index in [1.54, 1.807) is 0 Å². The largest absolute Gasteiger partial charge is 0.456 e. The fourth-order valence-electron chi connectivity index (χ4n) is 9.36. The van der Waals surface area contributed by atoms with Gasteiger partial charge in [0.05, 0.1) is 16.8 Å². The summed E-state index contributed by atoms with van der Waals surface area (Å²) in [7, 11) is 0. The first kappa shape index (κ1) is 33.2. The Labute approximate surface area is 332 Å². The van der Waals surface area contributed by atoms with E-state index in [4.69, 9.17) is 4.42 Å². The molecule has 57 heavy (non-hydrogen) atoms. The molecule has 0 aliphatic heterocycles. The van der Waals surface area contributed by atoms with Crippen molar-refractivity contribution in [2.24, 2.45) is 0 Å². The van der Waals surface area contributed by atoms with Crippen molar-refractivity contribution in [3.8, 4) is 44.5 Å². The van der Waals surface area contributed by atoms with Crippen molar-refractivity contribution in [3.05, 3.63) is 211 Å². The third-order valence-electron chi connectivity index (χ3n) is 12.1. The first-order chi connectivity index (χ1) is 28.0. The number of nitrogens with zero attached hydrogens (tertiary/aromatic N) is 1. The Bertz CT molecular complexity index is 3150. The minimum Gasteiger partial charge on any atom is -0.456 e. The van der Waals surface area contributed by atoms with Gasteiger partial charge in [0.15, 0.2) is 0 Å². The summed E-state index contributed by atoms with van der Waals surface area (Å²) in [4.78, 5) is 2.43. The molecular formula is C55H39NO. The van der Waals surface area contributed by atoms with Crippen LogP contribution < -0.4 is 4.90 Å². The van der Waals surface area contributed by atoms with Crippen LogP contribution in [0.2, 0.25) is 0 Å². The Morgan fingerprint density at radius 1 is 0.386 bits per heavy atom. The zero-order valence-electron chi connectivity index (χ0n) is 31.9. The van der Waals surface area contributed by atoms with Gasteiger partial charge in [-0.15, -0.1) is 0 Å². The maximum absolute atomic E-state index is 6.48. The highest BCUT2D eigenvalue weighted by molar-refractivity contribution is 6.15. The number of furan rings is 1. The van der Waals surface area contributed by atoms with Gasteiger partial charge in [-0.2, -0.15) is 0 Å². The molecule has 10 aromatic rings. The van der Waals surface area contributed by atoms with E-state index in [-0.39, 0.29) is 5.41 Å². The van der Waals surface area contributed by atoms with E-state index in [1.165, 1.54) is 60.8 Å². The molecule has 9 aromatic carbocycles. The molecule has 0 spiro atoms. The van der Waals surface area contributed by atoms with E-state index in [1.807, 2.05) is 6.07 Å². The summed E-state index contributed by atoms with van der Waals surface area (Å²) in [6.45, 7) is 4.69. The molecule has 11 rings (SSSR count). The average Bonchev–Trinajstić information content (AvgIpc) is 3.76. The van der Waals surface area contributed by atoms with Crippen LogP contribution in [-0.2, 0) is 5.41 Å². The zero-order chi connectivity index (χ0) is 38.1. The third kappa shape index (κ3) is 5.25. The van der Waals surface area contributed by atoms with Crippen LogP contribution in [0.25, 0.3) is 77.2 Å². The molecule has 0 unspecified atom stereocenters. The van der Waals surface area contributed by atoms with Gasteiger partial charge in [0.25, 0.3) is 0 Å². The summed E-state index contributed by atoms with van der Waals surface area (Å²) in [6.07, 6.45) is 0. The zero-order valence-corrected chi connectivity index (χ0v) is 31.9. The molecule has 1 aliphatic rings. The van der Waals surface area contributed by atoms with Crippen molar-refractivity contribution in [2.75, 3.05) is 4.90 Å². The van der Waals surface area contributed by atoms with Crippen molar-refractivity contribution < 1.29 is 4.42 Å². The fourth-order valence-corrected chi connectivity index (χ4v) is 9.36. The molecule has 0 N–H and O–H groups in total. The van der Waals surface area contributed by atoms with Crippen LogP contribution in [0.5, 0.6) is 0 Å². The van der Waals surface area contributed by atoms with Crippen molar-refractivity contribution >= 4 is 49.8 Å². The van der Waals surface area contributed by atoms with Gasteiger partial charge in [0, 0.05) is 22.1 Å². The predicted molar refractivity (Wildman–Crippen MR) is 240 cm³/mol. The summed E-state index contributed by atoms with van der Waals surface area (Å²) in [5.41, 5.74) is 17.6. The maximum Gasteiger partial charge on any atom is 0.137 e. The second-order valence-electron chi connectivity index (χ2n) is 15.7. The van der Waals surface area contributed by atoms with E-state index in [9.17, 15) is 0 Å². The quantitative estimate of drug-likeness (QED) is 0.169. The summed E-state index contributed by atoms with van der Waals surface area (Å²) in [6, 6.07) is 72.6. The highest BCUT2D eigenvalue weighted by Gasteiger charge is 2.35. The first-order valence-corrected chi connectivity index (χ1v) is 19.8. The summed E-state index contributed by atoms with van der Waals surface area (Å²) in [5.74, 6) is 0. The highest BCUT2D eigenvalue weighted by Crippen LogP contribution is 2.51. The Morgan fingerprint density at radius 2 is 1.00 bits per heavy atom. The molecule has 1 heterocycles. The second kappa shape index (κ2) is 13.0. The van der Waals surface area contributed by atoms with Gasteiger partial charge in [-0.05, 0) is 103 Å². The molecule has 0 fully saturated rings. The van der Waals surface area contributed by atoms with Crippen molar-refractivity contribution in [2.45, 2.75) is 19.3 Å². The molecule has 270 valence electrons. The molecule has 0 saturated heterocycles. The van der Waals surface area contributed by atoms with E-state index in [0.717, 1.165) is 44.6 Å². The lowest BCUT2D eigenvalue weighted by Gasteiger charge is -2.29. The van der Waals surface area contributed by atoms with Crippen molar-refractivity contribution in [1.29, 1.82) is 0 Å². The van der Waals surface area contributed by atoms with Gasteiger partial charge in [-0.25, -0.2) is 0 Å². The molecular weight excluding hydrogens is 691 g/mol. The van der Waals surface area contributed by atoms with Crippen LogP contribution in [0.4, 0.5) is 17.1 Å². The van der Waals surface area contributed by atoms with Gasteiger partial charge in [-0.3, -0.25) is 0 Å². The molecule has 0 radical (unpaired) electrons. The average molecular weight is 730 g/mol. The standard InChI is InChI=1S/C55H39NO/c1-55(2)47-24-9-6-19-42(47)43-34-31-39(35-48(43)55)36-29-32-40(33-30-36)56(50-26-14-28-52-54(50)46-21-8-11-27-51(46)57-52)49-25-10-7-20-44(49)45-23-13-18-38-17-12-22-41(53(38)45)37-15-4-3-5-16-37/h3-35H,1-2H3. The van der Waals surface area contributed by atoms with Crippen LogP contribution in [0.15, 0.2) is 205 Å². The summed E-state index contributed by atoms with van der Waals surface area (Å²) >= 11 is 0. The lowest BCUT2D eigenvalue weighted by Crippen LogP contribution is -2.14. The number of anilines is 3. The highest BCUT2D eigenvalue weighted by atomic mass is 16.3. The lowest BCUT2D eigenvalue weighted by molar-refractivity contribution is 0.660. The maximum atomic E-state index is 6.48. The molecule has 0 saturated carbocycles. The van der Waals surface area contributed by atoms with E-state index in [0.29, 0.717) is 0 Å². The minimum atomic E-state index is -0.0591. The van der Waals surface area contributed by atoms with E-state index in [2.05, 4.69) is 213 Å². The van der Waals surface area contributed by atoms with Gasteiger partial charge in [0.2, 0.25) is 0 Å². The monoisotopic (exact) mass is 729 g/mol. The summed E-state index contributed by atoms with van der Waals surface area (Å²) < 4.78 is 6.48. The number of rotatable bonds is 6. The first-order valence-electron chi connectivity index (χ1n) is 19.8. The van der Waals surface area contributed by atoms with Crippen LogP contribution in [0, 0.1) is 0 Å². The Hall–Kier alpha value is -7.16. The van der Waals surface area contributed by atoms with Crippen molar-refractivity contribution in [3.63, 3.8) is 0 Å². The lowest BCUT2D eigenvalue weighted by atomic mass is 9.81. The third-order valence-corrected chi connectivity index (χ3v) is 12.1. The van der Waals surface area contributed by atoms with Crippen LogP contribution in [0.3, 0.4) is 0 Å². The molecule has 1 aliphatic carbocycles. The summed E-state index contributed by atoms with van der Waals surface area (Å²) in [5, 5.41) is 4.64. The molecule has 2 nitrogen and oxygen atoms in total. The van der Waals surface area contributed by atoms with Crippen molar-refractivity contribution in [1.82, 2.24) is 0 Å². The van der Waals surface area contributed by atoms with Gasteiger partial charge >= 0.3 is 0 Å². The van der Waals surface area contributed by atoms with Crippen LogP contribution >= 0.6 is 0 Å². The van der Waals surface area contributed by atoms with E-state index < -0.39 is 0 Å². The number of hydrogen-bond acceptors (Lipinski definition) is 2. The van der Waals surface area contributed by atoms with Gasteiger partial charge in [0.1, 0.15) is 11.2 Å². The Morgan fingerprint density at radius 3 is 1.84 bits per heavy atom.